The largest absolute Gasteiger partial charge is 0.380 e. The molecule has 2 aromatic heterocycles. The highest BCUT2D eigenvalue weighted by molar-refractivity contribution is 5.98. The fourth-order valence-corrected chi connectivity index (χ4v) is 4.53. The van der Waals surface area contributed by atoms with Crippen molar-refractivity contribution in [1.29, 1.82) is 0 Å². The van der Waals surface area contributed by atoms with Gasteiger partial charge in [0.25, 0.3) is 11.8 Å². The van der Waals surface area contributed by atoms with E-state index in [0.29, 0.717) is 56.0 Å². The van der Waals surface area contributed by atoms with E-state index >= 15 is 0 Å². The van der Waals surface area contributed by atoms with E-state index < -0.39 is 5.91 Å². The van der Waals surface area contributed by atoms with Crippen LogP contribution in [0.3, 0.4) is 0 Å². The number of carbonyl (C=O) groups is 2. The lowest BCUT2D eigenvalue weighted by Gasteiger charge is -2.35. The highest BCUT2D eigenvalue weighted by Crippen LogP contribution is 2.20. The number of amides is 2. The van der Waals surface area contributed by atoms with E-state index in [2.05, 4.69) is 25.2 Å². The quantitative estimate of drug-likeness (QED) is 0.376. The Bertz CT molecular complexity index is 1410. The second-order valence-electron chi connectivity index (χ2n) is 9.14. The number of rotatable bonds is 8. The Balaban J connectivity index is 1.26. The maximum absolute atomic E-state index is 13.2. The van der Waals surface area contributed by atoms with Crippen molar-refractivity contribution in [3.8, 4) is 0 Å². The van der Waals surface area contributed by atoms with E-state index in [9.17, 15) is 9.59 Å². The zero-order valence-electron chi connectivity index (χ0n) is 21.0. The molecule has 38 heavy (non-hydrogen) atoms. The first-order chi connectivity index (χ1) is 18.6. The number of carbonyl (C=O) groups excluding carboxylic acids is 2. The standard InChI is InChI=1S/C29H29N7O2/c30-28(37)25-19-33-24(17-26(25)34-18-21-5-2-1-3-6-21)16-22-7-4-8-23(15-22)29(38)36-13-11-35(12-14-36)27-20-31-9-10-32-27/h1-10,15,17,19-20H,11-14,16,18H2,(H2,30,37)(H,33,34). The highest BCUT2D eigenvalue weighted by Gasteiger charge is 2.23. The molecule has 5 rings (SSSR count). The number of nitrogens with zero attached hydrogens (tertiary/aromatic N) is 5. The molecule has 3 heterocycles. The number of benzene rings is 2. The fraction of sp³-hybridized carbons (Fsp3) is 0.207. The molecule has 0 saturated carbocycles. The van der Waals surface area contributed by atoms with Crippen LogP contribution in [0, 0.1) is 0 Å². The lowest BCUT2D eigenvalue weighted by molar-refractivity contribution is 0.0746. The summed E-state index contributed by atoms with van der Waals surface area (Å²) in [6, 6.07) is 19.4. The molecule has 1 aliphatic heterocycles. The van der Waals surface area contributed by atoms with E-state index in [1.807, 2.05) is 65.6 Å². The van der Waals surface area contributed by atoms with Gasteiger partial charge in [0.05, 0.1) is 17.4 Å². The Morgan fingerprint density at radius 2 is 1.66 bits per heavy atom. The normalized spacial score (nSPS) is 13.3. The first kappa shape index (κ1) is 24.9. The Morgan fingerprint density at radius 1 is 0.868 bits per heavy atom. The molecule has 4 aromatic rings. The van der Waals surface area contributed by atoms with Crippen molar-refractivity contribution in [2.45, 2.75) is 13.0 Å². The van der Waals surface area contributed by atoms with Gasteiger partial charge in [0.1, 0.15) is 5.82 Å². The summed E-state index contributed by atoms with van der Waals surface area (Å²) in [6.45, 7) is 3.20. The van der Waals surface area contributed by atoms with Crippen molar-refractivity contribution >= 4 is 23.3 Å². The summed E-state index contributed by atoms with van der Waals surface area (Å²) in [6.07, 6.45) is 7.10. The second-order valence-corrected chi connectivity index (χ2v) is 9.14. The van der Waals surface area contributed by atoms with Gasteiger partial charge in [0.2, 0.25) is 0 Å². The monoisotopic (exact) mass is 507 g/mol. The van der Waals surface area contributed by atoms with E-state index in [-0.39, 0.29) is 5.91 Å². The first-order valence-corrected chi connectivity index (χ1v) is 12.5. The van der Waals surface area contributed by atoms with E-state index in [4.69, 9.17) is 5.73 Å². The molecule has 0 bridgehead atoms. The smallest absolute Gasteiger partial charge is 0.253 e. The van der Waals surface area contributed by atoms with Crippen LogP contribution in [-0.4, -0.2) is 57.8 Å². The molecule has 0 atom stereocenters. The van der Waals surface area contributed by atoms with Crippen molar-refractivity contribution in [1.82, 2.24) is 19.9 Å². The third-order valence-electron chi connectivity index (χ3n) is 6.55. The molecule has 1 saturated heterocycles. The van der Waals surface area contributed by atoms with Crippen LogP contribution in [0.1, 0.15) is 37.5 Å². The van der Waals surface area contributed by atoms with Gasteiger partial charge in [-0.05, 0) is 29.3 Å². The number of hydrogen-bond donors (Lipinski definition) is 2. The summed E-state index contributed by atoms with van der Waals surface area (Å²) in [7, 11) is 0. The Morgan fingerprint density at radius 3 is 2.39 bits per heavy atom. The van der Waals surface area contributed by atoms with Gasteiger partial charge in [-0.1, -0.05) is 42.5 Å². The van der Waals surface area contributed by atoms with Gasteiger partial charge in [-0.15, -0.1) is 0 Å². The molecule has 9 heteroatoms. The minimum absolute atomic E-state index is 0.00731. The number of hydrogen-bond acceptors (Lipinski definition) is 7. The van der Waals surface area contributed by atoms with Gasteiger partial charge in [-0.2, -0.15) is 0 Å². The predicted octanol–water partition coefficient (Wildman–Crippen LogP) is 3.14. The van der Waals surface area contributed by atoms with Crippen molar-refractivity contribution in [3.05, 3.63) is 113 Å². The van der Waals surface area contributed by atoms with Gasteiger partial charge in [-0.3, -0.25) is 19.6 Å². The molecule has 192 valence electrons. The van der Waals surface area contributed by atoms with Gasteiger partial charge < -0.3 is 20.9 Å². The van der Waals surface area contributed by atoms with Crippen molar-refractivity contribution in [2.24, 2.45) is 5.73 Å². The first-order valence-electron chi connectivity index (χ1n) is 12.5. The number of nitrogens with one attached hydrogen (secondary N) is 1. The van der Waals surface area contributed by atoms with E-state index in [1.54, 1.807) is 18.6 Å². The lowest BCUT2D eigenvalue weighted by Crippen LogP contribution is -2.49. The topological polar surface area (TPSA) is 117 Å². The van der Waals surface area contributed by atoms with Crippen molar-refractivity contribution in [2.75, 3.05) is 36.4 Å². The van der Waals surface area contributed by atoms with Gasteiger partial charge in [-0.25, -0.2) is 4.98 Å². The Kier molecular flexibility index (Phi) is 7.54. The highest BCUT2D eigenvalue weighted by atomic mass is 16.2. The predicted molar refractivity (Wildman–Crippen MR) is 146 cm³/mol. The fourth-order valence-electron chi connectivity index (χ4n) is 4.53. The zero-order chi connectivity index (χ0) is 26.3. The molecule has 0 aliphatic carbocycles. The van der Waals surface area contributed by atoms with Crippen LogP contribution in [0.15, 0.2) is 85.5 Å². The van der Waals surface area contributed by atoms with Crippen LogP contribution in [0.2, 0.25) is 0 Å². The van der Waals surface area contributed by atoms with Crippen molar-refractivity contribution < 1.29 is 9.59 Å². The van der Waals surface area contributed by atoms with Crippen LogP contribution >= 0.6 is 0 Å². The average molecular weight is 508 g/mol. The molecule has 0 unspecified atom stereocenters. The van der Waals surface area contributed by atoms with Crippen LogP contribution in [0.4, 0.5) is 11.5 Å². The molecule has 1 aliphatic rings. The molecular formula is C29H29N7O2. The number of pyridine rings is 1. The minimum Gasteiger partial charge on any atom is -0.380 e. The Labute approximate surface area is 221 Å². The second kappa shape index (κ2) is 11.5. The summed E-state index contributed by atoms with van der Waals surface area (Å²) in [5.41, 5.74) is 10.0. The van der Waals surface area contributed by atoms with Crippen LogP contribution in [-0.2, 0) is 13.0 Å². The third-order valence-corrected chi connectivity index (χ3v) is 6.55. The summed E-state index contributed by atoms with van der Waals surface area (Å²) < 4.78 is 0. The molecule has 0 radical (unpaired) electrons. The summed E-state index contributed by atoms with van der Waals surface area (Å²) in [4.78, 5) is 42.2. The molecule has 9 nitrogen and oxygen atoms in total. The van der Waals surface area contributed by atoms with Gasteiger partial charge in [0.15, 0.2) is 0 Å². The average Bonchev–Trinajstić information content (AvgIpc) is 2.97. The number of piperazine rings is 1. The summed E-state index contributed by atoms with van der Waals surface area (Å²) in [5.74, 6) is 0.300. The van der Waals surface area contributed by atoms with E-state index in [1.165, 1.54) is 6.20 Å². The Hall–Kier alpha value is -4.79. The molecule has 0 spiro atoms. The molecular weight excluding hydrogens is 478 g/mol. The van der Waals surface area contributed by atoms with Crippen LogP contribution in [0.5, 0.6) is 0 Å². The third kappa shape index (κ3) is 5.95. The molecule has 1 fully saturated rings. The minimum atomic E-state index is -0.536. The number of anilines is 2. The molecule has 2 amide bonds. The SMILES string of the molecule is NC(=O)c1cnc(Cc2cccc(C(=O)N3CCN(c4cnccn4)CC3)c2)cc1NCc1ccccc1. The number of nitrogens with two attached hydrogens (primary N) is 1. The maximum Gasteiger partial charge on any atom is 0.253 e. The van der Waals surface area contributed by atoms with Crippen LogP contribution in [0.25, 0.3) is 0 Å². The van der Waals surface area contributed by atoms with E-state index in [0.717, 1.165) is 22.6 Å². The molecule has 3 N–H and O–H groups in total. The summed E-state index contributed by atoms with van der Waals surface area (Å²) >= 11 is 0. The van der Waals surface area contributed by atoms with Gasteiger partial charge in [0, 0.05) is 69.0 Å². The molecule has 2 aromatic carbocycles. The summed E-state index contributed by atoms with van der Waals surface area (Å²) in [5, 5.41) is 3.31. The van der Waals surface area contributed by atoms with Gasteiger partial charge >= 0.3 is 0 Å². The number of aromatic nitrogens is 3. The number of primary amides is 1. The maximum atomic E-state index is 13.2. The van der Waals surface area contributed by atoms with Crippen LogP contribution < -0.4 is 16.0 Å². The lowest BCUT2D eigenvalue weighted by atomic mass is 10.0. The zero-order valence-corrected chi connectivity index (χ0v) is 21.0. The van der Waals surface area contributed by atoms with Crippen molar-refractivity contribution in [3.63, 3.8) is 0 Å².